The van der Waals surface area contributed by atoms with E-state index in [2.05, 4.69) is 13.8 Å². The molecule has 4 saturated carbocycles. The lowest BCUT2D eigenvalue weighted by molar-refractivity contribution is -0.310. The second-order valence-electron chi connectivity index (χ2n) is 12.9. The largest absolute Gasteiger partial charge is 0.394 e. The lowest BCUT2D eigenvalue weighted by atomic mass is 9.41. The molecule has 2 bridgehead atoms. The van der Waals surface area contributed by atoms with Gasteiger partial charge < -0.3 is 40.1 Å². The maximum absolute atomic E-state index is 11.2. The molecule has 0 aromatic rings. The van der Waals surface area contributed by atoms with Gasteiger partial charge in [0.1, 0.15) is 24.4 Å². The van der Waals surface area contributed by atoms with Crippen molar-refractivity contribution in [1.29, 1.82) is 0 Å². The lowest BCUT2D eigenvalue weighted by Crippen LogP contribution is -2.60. The quantitative estimate of drug-likeness (QED) is 0.339. The molecule has 0 amide bonds. The summed E-state index contributed by atoms with van der Waals surface area (Å²) >= 11 is 0. The molecule has 196 valence electrons. The van der Waals surface area contributed by atoms with Crippen LogP contribution in [0.15, 0.2) is 0 Å². The van der Waals surface area contributed by atoms with Gasteiger partial charge in [-0.25, -0.2) is 0 Å². The van der Waals surface area contributed by atoms with Crippen molar-refractivity contribution in [1.82, 2.24) is 0 Å². The van der Waals surface area contributed by atoms with Crippen LogP contribution in [0.1, 0.15) is 71.6 Å². The highest BCUT2D eigenvalue weighted by atomic mass is 16.7. The summed E-state index contributed by atoms with van der Waals surface area (Å²) in [6.45, 7) is 4.47. The lowest BCUT2D eigenvalue weighted by Gasteiger charge is -2.64. The van der Waals surface area contributed by atoms with Gasteiger partial charge in [0.15, 0.2) is 6.29 Å². The Morgan fingerprint density at radius 2 is 1.68 bits per heavy atom. The molecule has 1 aliphatic heterocycles. The van der Waals surface area contributed by atoms with Gasteiger partial charge in [-0.15, -0.1) is 0 Å². The van der Waals surface area contributed by atoms with E-state index in [4.69, 9.17) is 9.47 Å². The van der Waals surface area contributed by atoms with E-state index < -0.39 is 42.9 Å². The number of hydrogen-bond acceptors (Lipinski definition) is 8. The number of aliphatic hydroxyl groups excluding tert-OH is 5. The van der Waals surface area contributed by atoms with E-state index in [0.29, 0.717) is 24.9 Å². The molecule has 12 atom stereocenters. The van der Waals surface area contributed by atoms with Crippen molar-refractivity contribution in [3.63, 3.8) is 0 Å². The Bertz CT molecular complexity index is 763. The Balaban J connectivity index is 1.34. The highest BCUT2D eigenvalue weighted by molar-refractivity contribution is 5.17. The van der Waals surface area contributed by atoms with Crippen LogP contribution in [-0.2, 0) is 9.47 Å². The number of fused-ring (bicyclic) bond motifs is 3. The molecule has 4 aliphatic carbocycles. The van der Waals surface area contributed by atoms with E-state index in [1.165, 1.54) is 0 Å². The molecule has 1 heterocycles. The molecule has 5 rings (SSSR count). The first kappa shape index (κ1) is 25.3. The zero-order valence-electron chi connectivity index (χ0n) is 20.6. The summed E-state index contributed by atoms with van der Waals surface area (Å²) in [5, 5.41) is 61.3. The zero-order chi connectivity index (χ0) is 24.5. The first-order valence-corrected chi connectivity index (χ1v) is 13.3. The number of ether oxygens (including phenoxy) is 2. The average Bonchev–Trinajstić information content (AvgIpc) is 3.02. The van der Waals surface area contributed by atoms with Gasteiger partial charge in [-0.3, -0.25) is 0 Å². The van der Waals surface area contributed by atoms with Crippen LogP contribution in [0, 0.1) is 34.0 Å². The number of aliphatic hydroxyl groups is 6. The van der Waals surface area contributed by atoms with E-state index in [1.54, 1.807) is 0 Å². The summed E-state index contributed by atoms with van der Waals surface area (Å²) in [5.74, 6) is 1.15. The van der Waals surface area contributed by atoms with Gasteiger partial charge >= 0.3 is 0 Å². The molecule has 0 radical (unpaired) electrons. The van der Waals surface area contributed by atoms with E-state index in [0.717, 1.165) is 51.4 Å². The second kappa shape index (κ2) is 8.62. The summed E-state index contributed by atoms with van der Waals surface area (Å²) < 4.78 is 11.7. The zero-order valence-corrected chi connectivity index (χ0v) is 20.6. The minimum absolute atomic E-state index is 0.113. The van der Waals surface area contributed by atoms with Crippen molar-refractivity contribution in [2.75, 3.05) is 19.8 Å². The fraction of sp³-hybridized carbons (Fsp3) is 1.00. The fourth-order valence-electron chi connectivity index (χ4n) is 9.59. The topological polar surface area (TPSA) is 140 Å². The maximum Gasteiger partial charge on any atom is 0.186 e. The molecule has 0 aromatic heterocycles. The summed E-state index contributed by atoms with van der Waals surface area (Å²) in [7, 11) is 0. The smallest absolute Gasteiger partial charge is 0.186 e. The molecular formula is C26H44O8. The van der Waals surface area contributed by atoms with Gasteiger partial charge in [0, 0.05) is 0 Å². The van der Waals surface area contributed by atoms with Crippen LogP contribution in [0.2, 0.25) is 0 Å². The summed E-state index contributed by atoms with van der Waals surface area (Å²) in [4.78, 5) is 0. The summed E-state index contributed by atoms with van der Waals surface area (Å²) in [6, 6.07) is 0. The first-order chi connectivity index (χ1) is 16.0. The van der Waals surface area contributed by atoms with Crippen LogP contribution in [-0.4, -0.2) is 86.8 Å². The van der Waals surface area contributed by atoms with Crippen molar-refractivity contribution < 1.29 is 40.1 Å². The van der Waals surface area contributed by atoms with Gasteiger partial charge in [-0.1, -0.05) is 20.3 Å². The third-order valence-electron chi connectivity index (χ3n) is 11.1. The molecule has 34 heavy (non-hydrogen) atoms. The molecule has 6 N–H and O–H groups in total. The maximum atomic E-state index is 11.2. The van der Waals surface area contributed by atoms with Crippen LogP contribution >= 0.6 is 0 Å². The number of rotatable bonds is 5. The Labute approximate surface area is 202 Å². The van der Waals surface area contributed by atoms with Crippen LogP contribution in [0.3, 0.4) is 0 Å². The minimum atomic E-state index is -1.43. The van der Waals surface area contributed by atoms with Gasteiger partial charge in [-0.2, -0.15) is 0 Å². The Morgan fingerprint density at radius 3 is 2.38 bits per heavy atom. The SMILES string of the molecule is C[C@@]1(CO[C@@H]2O[C@H](CO)[C@@H](O)[C@H](O)[C@H]2O)CCC[C@]2(C)[C@@H]1CC[C@@]13C[C@@H](CC[C@H]12)[C@@](O)(CO)C3. The molecule has 8 nitrogen and oxygen atoms in total. The third kappa shape index (κ3) is 3.63. The van der Waals surface area contributed by atoms with Crippen LogP contribution < -0.4 is 0 Å². The third-order valence-corrected chi connectivity index (χ3v) is 11.1. The molecule has 0 unspecified atom stereocenters. The minimum Gasteiger partial charge on any atom is -0.394 e. The predicted molar refractivity (Wildman–Crippen MR) is 122 cm³/mol. The van der Waals surface area contributed by atoms with Crippen molar-refractivity contribution in [3.8, 4) is 0 Å². The van der Waals surface area contributed by atoms with E-state index in [9.17, 15) is 30.6 Å². The normalized spacial score (nSPS) is 57.2. The Hall–Kier alpha value is -0.320. The van der Waals surface area contributed by atoms with Crippen LogP contribution in [0.25, 0.3) is 0 Å². The monoisotopic (exact) mass is 484 g/mol. The van der Waals surface area contributed by atoms with Crippen LogP contribution in [0.5, 0.6) is 0 Å². The highest BCUT2D eigenvalue weighted by Gasteiger charge is 2.67. The van der Waals surface area contributed by atoms with Crippen molar-refractivity contribution in [2.45, 2.75) is 108 Å². The highest BCUT2D eigenvalue weighted by Crippen LogP contribution is 2.72. The van der Waals surface area contributed by atoms with Crippen molar-refractivity contribution in [2.24, 2.45) is 34.0 Å². The van der Waals surface area contributed by atoms with Gasteiger partial charge in [0.2, 0.25) is 0 Å². The second-order valence-corrected chi connectivity index (χ2v) is 12.9. The Kier molecular flexibility index (Phi) is 6.42. The molecule has 0 aromatic carbocycles. The summed E-state index contributed by atoms with van der Waals surface area (Å²) in [6.07, 6.45) is 2.91. The molecular weight excluding hydrogens is 440 g/mol. The molecule has 8 heteroatoms. The van der Waals surface area contributed by atoms with Gasteiger partial charge in [-0.05, 0) is 85.4 Å². The molecule has 5 fully saturated rings. The first-order valence-electron chi connectivity index (χ1n) is 13.3. The Morgan fingerprint density at radius 1 is 0.912 bits per heavy atom. The molecule has 1 saturated heterocycles. The van der Waals surface area contributed by atoms with Crippen molar-refractivity contribution in [3.05, 3.63) is 0 Å². The van der Waals surface area contributed by atoms with E-state index >= 15 is 0 Å². The standard InChI is InChI=1S/C26H44O8/c1-23(14-33-22-21(31)20(30)19(29)16(11-27)34-22)7-3-8-24(2)17(23)6-9-25-10-15(4-5-18(24)25)26(32,12-25)13-28/h15-22,27-32H,3-14H2,1-2H3/t15-,16-,17-,18+,19-,20+,21-,22-,23+,24-,25+,26+/m1/s1. The molecule has 5 aliphatic rings. The molecule has 1 spiro atoms. The number of hydrogen-bond donors (Lipinski definition) is 6. The van der Waals surface area contributed by atoms with Gasteiger partial charge in [0.25, 0.3) is 0 Å². The van der Waals surface area contributed by atoms with E-state index in [1.807, 2.05) is 0 Å². The van der Waals surface area contributed by atoms with E-state index in [-0.39, 0.29) is 28.8 Å². The van der Waals surface area contributed by atoms with Gasteiger partial charge in [0.05, 0.1) is 25.4 Å². The average molecular weight is 485 g/mol. The fourth-order valence-corrected chi connectivity index (χ4v) is 9.59. The van der Waals surface area contributed by atoms with Crippen molar-refractivity contribution >= 4 is 0 Å². The summed E-state index contributed by atoms with van der Waals surface area (Å²) in [5.41, 5.74) is -0.823. The predicted octanol–water partition coefficient (Wildman–Crippen LogP) is 0.939. The van der Waals surface area contributed by atoms with Crippen LogP contribution in [0.4, 0.5) is 0 Å².